The van der Waals surface area contributed by atoms with Gasteiger partial charge in [-0.3, -0.25) is 0 Å². The number of halogens is 1. The molecule has 0 radical (unpaired) electrons. The minimum absolute atomic E-state index is 1.09. The number of rotatable bonds is 1. The average molecular weight is 311 g/mol. The van der Waals surface area contributed by atoms with Crippen molar-refractivity contribution >= 4 is 28.1 Å². The molecule has 6 nitrogen and oxygen atoms in total. The number of fused-ring (bicyclic) bond motifs is 1. The Morgan fingerprint density at radius 1 is 1.28 bits per heavy atom. The summed E-state index contributed by atoms with van der Waals surface area (Å²) in [6, 6.07) is 2.10. The molecule has 0 fully saturated rings. The second-order valence-electron chi connectivity index (χ2n) is 3.32. The number of thioether (sulfide) groups is 1. The van der Waals surface area contributed by atoms with Crippen LogP contribution in [0.1, 0.15) is 11.4 Å². The Hall–Kier alpha value is -0.480. The summed E-state index contributed by atoms with van der Waals surface area (Å²) in [6.07, 6.45) is 4.24. The molecule has 0 aliphatic rings. The molecule has 0 saturated carbocycles. The second kappa shape index (κ2) is 6.11. The van der Waals surface area contributed by atoms with Crippen molar-refractivity contribution in [2.24, 2.45) is 0 Å². The number of hydrogen-bond acceptors (Lipinski definition) is 7. The first kappa shape index (κ1) is 15.6. The fourth-order valence-corrected chi connectivity index (χ4v) is 2.90. The van der Waals surface area contributed by atoms with Crippen molar-refractivity contribution in [2.75, 3.05) is 6.26 Å². The number of thiazole rings is 1. The van der Waals surface area contributed by atoms with Gasteiger partial charge in [0.15, 0.2) is 5.69 Å². The molecule has 100 valence electrons. The van der Waals surface area contributed by atoms with E-state index in [1.165, 1.54) is 9.90 Å². The van der Waals surface area contributed by atoms with Crippen molar-refractivity contribution in [2.45, 2.75) is 18.1 Å². The highest BCUT2D eigenvalue weighted by Gasteiger charge is 2.13. The summed E-state index contributed by atoms with van der Waals surface area (Å²) >= 11 is 3.51. The first-order chi connectivity index (χ1) is 8.20. The second-order valence-corrected chi connectivity index (χ2v) is 6.20. The summed E-state index contributed by atoms with van der Waals surface area (Å²) in [5, 5.41) is 0. The van der Waals surface area contributed by atoms with E-state index in [0.717, 1.165) is 10.7 Å². The maximum atomic E-state index is 8.49. The molecule has 9 heteroatoms. The SMILES string of the molecule is CSc1c[n+]2c(C)cc(C)nc2s1.[O-][Cl+3]([O-])([O-])[O-]. The highest BCUT2D eigenvalue weighted by molar-refractivity contribution is 8.00. The van der Waals surface area contributed by atoms with Gasteiger partial charge in [0.25, 0.3) is 0 Å². The molecule has 0 amide bonds. The molecule has 0 atom stereocenters. The number of nitrogens with zero attached hydrogens (tertiary/aromatic N) is 2. The summed E-state index contributed by atoms with van der Waals surface area (Å²) < 4.78 is 37.4. The first-order valence-corrected chi connectivity index (χ1v) is 7.93. The molecule has 18 heavy (non-hydrogen) atoms. The number of aromatic nitrogens is 2. The molecule has 0 bridgehead atoms. The van der Waals surface area contributed by atoms with Gasteiger partial charge in [-0.1, -0.05) is 0 Å². The van der Waals surface area contributed by atoms with Crippen LogP contribution in [-0.4, -0.2) is 11.2 Å². The fraction of sp³-hybridized carbons (Fsp3) is 0.333. The summed E-state index contributed by atoms with van der Waals surface area (Å²) in [4.78, 5) is 5.56. The Kier molecular flexibility index (Phi) is 5.29. The lowest BCUT2D eigenvalue weighted by Crippen LogP contribution is -2.68. The van der Waals surface area contributed by atoms with Gasteiger partial charge in [-0.25, -0.2) is 18.6 Å². The van der Waals surface area contributed by atoms with Crippen LogP contribution in [-0.2, 0) is 0 Å². The summed E-state index contributed by atoms with van der Waals surface area (Å²) in [5.41, 5.74) is 2.34. The van der Waals surface area contributed by atoms with E-state index in [9.17, 15) is 0 Å². The Morgan fingerprint density at radius 3 is 2.33 bits per heavy atom. The van der Waals surface area contributed by atoms with E-state index in [4.69, 9.17) is 18.6 Å². The quantitative estimate of drug-likeness (QED) is 0.424. The Bertz CT molecular complexity index is 535. The summed E-state index contributed by atoms with van der Waals surface area (Å²) in [6.45, 7) is 4.14. The third-order valence-electron chi connectivity index (χ3n) is 1.90. The van der Waals surface area contributed by atoms with E-state index >= 15 is 0 Å². The first-order valence-electron chi connectivity index (χ1n) is 4.66. The fourth-order valence-electron chi connectivity index (χ4n) is 1.30. The van der Waals surface area contributed by atoms with Crippen LogP contribution in [0.15, 0.2) is 16.5 Å². The van der Waals surface area contributed by atoms with Crippen molar-refractivity contribution < 1.29 is 33.3 Å². The van der Waals surface area contributed by atoms with Gasteiger partial charge in [0.1, 0.15) is 16.1 Å². The van der Waals surface area contributed by atoms with Gasteiger partial charge in [0.05, 0.1) is 0 Å². The lowest BCUT2D eigenvalue weighted by Gasteiger charge is -2.17. The molecule has 0 unspecified atom stereocenters. The van der Waals surface area contributed by atoms with Crippen molar-refractivity contribution in [3.63, 3.8) is 0 Å². The molecule has 0 aliphatic carbocycles. The van der Waals surface area contributed by atoms with Crippen LogP contribution in [0, 0.1) is 24.1 Å². The molecule has 2 heterocycles. The lowest BCUT2D eigenvalue weighted by atomic mass is 10.3. The van der Waals surface area contributed by atoms with E-state index in [1.807, 2.05) is 6.92 Å². The van der Waals surface area contributed by atoms with E-state index in [-0.39, 0.29) is 0 Å². The molecule has 0 aromatic carbocycles. The molecular formula is C9H11ClN2O4S2. The summed E-state index contributed by atoms with van der Waals surface area (Å²) in [5.74, 6) is 0. The van der Waals surface area contributed by atoms with E-state index in [0.29, 0.717) is 0 Å². The number of aryl methyl sites for hydroxylation is 2. The van der Waals surface area contributed by atoms with Gasteiger partial charge in [-0.2, -0.15) is 4.40 Å². The molecule has 0 spiro atoms. The van der Waals surface area contributed by atoms with Crippen molar-refractivity contribution in [1.29, 1.82) is 0 Å². The third kappa shape index (κ3) is 5.02. The van der Waals surface area contributed by atoms with Crippen LogP contribution in [0.2, 0.25) is 0 Å². The third-order valence-corrected chi connectivity index (χ3v) is 3.94. The van der Waals surface area contributed by atoms with Gasteiger partial charge < -0.3 is 0 Å². The smallest absolute Gasteiger partial charge is 0.222 e. The molecule has 2 aromatic rings. The Morgan fingerprint density at radius 2 is 1.83 bits per heavy atom. The average Bonchev–Trinajstić information content (AvgIpc) is 2.58. The van der Waals surface area contributed by atoms with Gasteiger partial charge in [0.2, 0.25) is 0 Å². The van der Waals surface area contributed by atoms with Crippen molar-refractivity contribution in [1.82, 2.24) is 4.98 Å². The van der Waals surface area contributed by atoms with Crippen LogP contribution in [0.25, 0.3) is 4.96 Å². The van der Waals surface area contributed by atoms with E-state index < -0.39 is 10.2 Å². The number of hydrogen-bond donors (Lipinski definition) is 0. The Labute approximate surface area is 114 Å². The molecular weight excluding hydrogens is 300 g/mol. The van der Waals surface area contributed by atoms with Gasteiger partial charge in [-0.15, -0.1) is 22.0 Å². The molecule has 0 saturated heterocycles. The highest BCUT2D eigenvalue weighted by atomic mass is 35.7. The topological polar surface area (TPSA) is 109 Å². The van der Waals surface area contributed by atoms with Gasteiger partial charge in [-0.05, 0) is 29.5 Å². The van der Waals surface area contributed by atoms with Crippen LogP contribution in [0.3, 0.4) is 0 Å². The minimum atomic E-state index is -4.94. The molecule has 0 aliphatic heterocycles. The maximum absolute atomic E-state index is 8.49. The minimum Gasteiger partial charge on any atom is -0.222 e. The van der Waals surface area contributed by atoms with Crippen LogP contribution < -0.4 is 23.0 Å². The monoisotopic (exact) mass is 310 g/mol. The summed E-state index contributed by atoms with van der Waals surface area (Å²) in [7, 11) is -4.94. The predicted octanol–water partition coefficient (Wildman–Crippen LogP) is -2.54. The van der Waals surface area contributed by atoms with E-state index in [1.54, 1.807) is 23.1 Å². The van der Waals surface area contributed by atoms with Crippen LogP contribution in [0.5, 0.6) is 0 Å². The normalized spacial score (nSPS) is 11.3. The predicted molar refractivity (Wildman–Crippen MR) is 56.5 cm³/mol. The van der Waals surface area contributed by atoms with Gasteiger partial charge in [0, 0.05) is 13.0 Å². The Balaban J connectivity index is 0.000000280. The zero-order chi connectivity index (χ0) is 13.9. The van der Waals surface area contributed by atoms with Crippen LogP contribution in [0.4, 0.5) is 0 Å². The zero-order valence-corrected chi connectivity index (χ0v) is 12.3. The molecule has 0 N–H and O–H groups in total. The maximum Gasteiger partial charge on any atom is 0.388 e. The zero-order valence-electron chi connectivity index (χ0n) is 9.88. The molecule has 2 aromatic heterocycles. The highest BCUT2D eigenvalue weighted by Crippen LogP contribution is 2.21. The van der Waals surface area contributed by atoms with E-state index in [2.05, 4.69) is 34.8 Å². The van der Waals surface area contributed by atoms with Crippen molar-refractivity contribution in [3.05, 3.63) is 23.7 Å². The van der Waals surface area contributed by atoms with Gasteiger partial charge >= 0.3 is 4.96 Å². The van der Waals surface area contributed by atoms with Crippen LogP contribution >= 0.6 is 23.1 Å². The standard InChI is InChI=1S/C9H11N2S2.ClHO4/c1-6-4-7(2)11-5-8(12-3)13-9(11)10-6;2-1(3,4)5/h4-5H,1-3H3;(H,2,3,4,5)/q+1;/p-1. The molecule has 2 rings (SSSR count). The largest absolute Gasteiger partial charge is 0.388 e. The lowest BCUT2D eigenvalue weighted by molar-refractivity contribution is -2.00. The van der Waals surface area contributed by atoms with Crippen molar-refractivity contribution in [3.8, 4) is 0 Å².